The fourth-order valence-corrected chi connectivity index (χ4v) is 2.74. The maximum absolute atomic E-state index is 12.2. The minimum Gasteiger partial charge on any atom is -0.394 e. The number of carbonyl (C=O) groups excluding carboxylic acids is 1. The number of morpholine rings is 1. The van der Waals surface area contributed by atoms with Gasteiger partial charge in [0.15, 0.2) is 0 Å². The van der Waals surface area contributed by atoms with Gasteiger partial charge in [-0.25, -0.2) is 0 Å². The van der Waals surface area contributed by atoms with Gasteiger partial charge in [-0.15, -0.1) is 0 Å². The molecule has 2 saturated heterocycles. The van der Waals surface area contributed by atoms with Crippen molar-refractivity contribution in [3.05, 3.63) is 0 Å². The lowest BCUT2D eigenvalue weighted by molar-refractivity contribution is -0.147. The van der Waals surface area contributed by atoms with Gasteiger partial charge >= 0.3 is 0 Å². The molecule has 0 saturated carbocycles. The minimum absolute atomic E-state index is 0.0256. The molecule has 5 nitrogen and oxygen atoms in total. The number of nitrogens with zero attached hydrogens (tertiary/aromatic N) is 1. The van der Waals surface area contributed by atoms with Crippen molar-refractivity contribution in [1.29, 1.82) is 0 Å². The van der Waals surface area contributed by atoms with Gasteiger partial charge in [0, 0.05) is 19.6 Å². The van der Waals surface area contributed by atoms with Gasteiger partial charge in [0.05, 0.1) is 31.5 Å². The van der Waals surface area contributed by atoms with E-state index in [4.69, 9.17) is 14.6 Å². The number of hydrogen-bond acceptors (Lipinski definition) is 4. The van der Waals surface area contributed by atoms with Crippen LogP contribution < -0.4 is 0 Å². The van der Waals surface area contributed by atoms with Crippen LogP contribution in [0, 0.1) is 0 Å². The van der Waals surface area contributed by atoms with Crippen molar-refractivity contribution < 1.29 is 19.4 Å². The summed E-state index contributed by atoms with van der Waals surface area (Å²) in [5.41, 5.74) is 0. The molecule has 0 aromatic heterocycles. The Hall–Kier alpha value is -0.650. The van der Waals surface area contributed by atoms with Crippen molar-refractivity contribution in [3.63, 3.8) is 0 Å². The molecule has 2 heterocycles. The summed E-state index contributed by atoms with van der Waals surface area (Å²) in [6.45, 7) is 3.81. The number of ether oxygens (including phenoxy) is 2. The summed E-state index contributed by atoms with van der Waals surface area (Å²) in [5, 5.41) is 9.13. The van der Waals surface area contributed by atoms with Crippen LogP contribution in [0.5, 0.6) is 0 Å². The first-order valence-electron chi connectivity index (χ1n) is 7.34. The molecule has 0 aliphatic carbocycles. The highest BCUT2D eigenvalue weighted by Gasteiger charge is 2.29. The lowest BCUT2D eigenvalue weighted by Crippen LogP contribution is -2.52. The summed E-state index contributed by atoms with van der Waals surface area (Å²) in [5.74, 6) is 0.156. The van der Waals surface area contributed by atoms with Gasteiger partial charge in [-0.05, 0) is 32.6 Å². The van der Waals surface area contributed by atoms with Gasteiger partial charge in [0.25, 0.3) is 0 Å². The molecular weight excluding hydrogens is 246 g/mol. The largest absolute Gasteiger partial charge is 0.394 e. The van der Waals surface area contributed by atoms with Crippen LogP contribution in [0.3, 0.4) is 0 Å². The highest BCUT2D eigenvalue weighted by atomic mass is 16.5. The van der Waals surface area contributed by atoms with Crippen LogP contribution in [0.15, 0.2) is 0 Å². The van der Waals surface area contributed by atoms with E-state index in [2.05, 4.69) is 0 Å². The van der Waals surface area contributed by atoms with Gasteiger partial charge in [0.2, 0.25) is 5.91 Å². The summed E-state index contributed by atoms with van der Waals surface area (Å²) in [7, 11) is 0. The molecule has 2 aliphatic heterocycles. The summed E-state index contributed by atoms with van der Waals surface area (Å²) in [6, 6.07) is 0.0996. The van der Waals surface area contributed by atoms with Crippen molar-refractivity contribution in [2.24, 2.45) is 0 Å². The molecule has 110 valence electrons. The number of rotatable bonds is 4. The number of hydrogen-bond donors (Lipinski definition) is 1. The van der Waals surface area contributed by atoms with E-state index in [1.54, 1.807) is 0 Å². The zero-order valence-corrected chi connectivity index (χ0v) is 11.7. The van der Waals surface area contributed by atoms with E-state index in [1.807, 2.05) is 11.8 Å². The van der Waals surface area contributed by atoms with Crippen LogP contribution >= 0.6 is 0 Å². The Bertz CT molecular complexity index is 291. The maximum Gasteiger partial charge on any atom is 0.223 e. The zero-order valence-electron chi connectivity index (χ0n) is 11.7. The predicted octanol–water partition coefficient (Wildman–Crippen LogP) is 0.944. The third-order valence-electron chi connectivity index (χ3n) is 3.98. The lowest BCUT2D eigenvalue weighted by atomic mass is 10.0. The second kappa shape index (κ2) is 7.22. The molecule has 0 radical (unpaired) electrons. The molecular formula is C14H25NO4. The first-order valence-corrected chi connectivity index (χ1v) is 7.34. The fourth-order valence-electron chi connectivity index (χ4n) is 2.74. The minimum atomic E-state index is -0.230. The molecule has 1 N–H and O–H groups in total. The van der Waals surface area contributed by atoms with E-state index in [-0.39, 0.29) is 30.8 Å². The van der Waals surface area contributed by atoms with E-state index in [0.717, 1.165) is 25.9 Å². The predicted molar refractivity (Wildman–Crippen MR) is 70.8 cm³/mol. The molecule has 0 aromatic rings. The lowest BCUT2D eigenvalue weighted by Gasteiger charge is -2.37. The second-order valence-electron chi connectivity index (χ2n) is 5.56. The van der Waals surface area contributed by atoms with Crippen LogP contribution in [0.4, 0.5) is 0 Å². The third kappa shape index (κ3) is 4.16. The number of aliphatic hydroxyl groups excluding tert-OH is 1. The molecule has 0 aromatic carbocycles. The molecule has 1 amide bonds. The van der Waals surface area contributed by atoms with Gasteiger partial charge in [-0.1, -0.05) is 0 Å². The topological polar surface area (TPSA) is 59.0 Å². The molecule has 0 spiro atoms. The first kappa shape index (κ1) is 14.8. The molecule has 2 fully saturated rings. The Morgan fingerprint density at radius 3 is 2.84 bits per heavy atom. The van der Waals surface area contributed by atoms with E-state index in [0.29, 0.717) is 19.6 Å². The Kier molecular flexibility index (Phi) is 5.60. The van der Waals surface area contributed by atoms with Crippen molar-refractivity contribution in [3.8, 4) is 0 Å². The van der Waals surface area contributed by atoms with Crippen LogP contribution in [0.1, 0.15) is 39.0 Å². The molecule has 5 heteroatoms. The van der Waals surface area contributed by atoms with E-state index in [9.17, 15) is 4.79 Å². The number of carbonyl (C=O) groups is 1. The monoisotopic (exact) mass is 271 g/mol. The average molecular weight is 271 g/mol. The molecule has 19 heavy (non-hydrogen) atoms. The standard InChI is InChI=1S/C14H25NO4/c1-11-10-19-13(9-16)8-15(11)14(17)6-5-12-4-2-3-7-18-12/h11-13,16H,2-10H2,1H3. The van der Waals surface area contributed by atoms with E-state index in [1.165, 1.54) is 6.42 Å². The first-order chi connectivity index (χ1) is 9.20. The number of amides is 1. The smallest absolute Gasteiger partial charge is 0.223 e. The van der Waals surface area contributed by atoms with Gasteiger partial charge in [0.1, 0.15) is 0 Å². The van der Waals surface area contributed by atoms with Crippen molar-refractivity contribution in [1.82, 2.24) is 4.90 Å². The quantitative estimate of drug-likeness (QED) is 0.827. The van der Waals surface area contributed by atoms with Crippen molar-refractivity contribution >= 4 is 5.91 Å². The Labute approximate surface area is 114 Å². The Morgan fingerprint density at radius 1 is 1.32 bits per heavy atom. The van der Waals surface area contributed by atoms with Crippen LogP contribution in [0.2, 0.25) is 0 Å². The van der Waals surface area contributed by atoms with Crippen molar-refractivity contribution in [2.75, 3.05) is 26.4 Å². The third-order valence-corrected chi connectivity index (χ3v) is 3.98. The molecule has 2 rings (SSSR count). The number of aliphatic hydroxyl groups is 1. The maximum atomic E-state index is 12.2. The normalized spacial score (nSPS) is 32.3. The second-order valence-corrected chi connectivity index (χ2v) is 5.56. The zero-order chi connectivity index (χ0) is 13.7. The summed E-state index contributed by atoms with van der Waals surface area (Å²) < 4.78 is 11.1. The van der Waals surface area contributed by atoms with E-state index >= 15 is 0 Å². The summed E-state index contributed by atoms with van der Waals surface area (Å²) >= 11 is 0. The van der Waals surface area contributed by atoms with Crippen LogP contribution in [-0.4, -0.2) is 60.5 Å². The molecule has 3 unspecified atom stereocenters. The highest BCUT2D eigenvalue weighted by molar-refractivity contribution is 5.76. The Balaban J connectivity index is 1.77. The van der Waals surface area contributed by atoms with Gasteiger partial charge < -0.3 is 19.5 Å². The van der Waals surface area contributed by atoms with Crippen LogP contribution in [0.25, 0.3) is 0 Å². The summed E-state index contributed by atoms with van der Waals surface area (Å²) in [4.78, 5) is 14.1. The van der Waals surface area contributed by atoms with Crippen LogP contribution in [-0.2, 0) is 14.3 Å². The molecule has 0 bridgehead atoms. The summed E-state index contributed by atoms with van der Waals surface area (Å²) in [6.07, 6.45) is 4.79. The van der Waals surface area contributed by atoms with Gasteiger partial charge in [-0.2, -0.15) is 0 Å². The average Bonchev–Trinajstić information content (AvgIpc) is 2.46. The highest BCUT2D eigenvalue weighted by Crippen LogP contribution is 2.19. The Morgan fingerprint density at radius 2 is 2.16 bits per heavy atom. The van der Waals surface area contributed by atoms with Gasteiger partial charge in [-0.3, -0.25) is 4.79 Å². The van der Waals surface area contributed by atoms with Crippen molar-refractivity contribution in [2.45, 2.75) is 57.3 Å². The SMILES string of the molecule is CC1COC(CO)CN1C(=O)CCC1CCCCO1. The van der Waals surface area contributed by atoms with E-state index < -0.39 is 0 Å². The molecule has 3 atom stereocenters. The molecule has 2 aliphatic rings. The fraction of sp³-hybridized carbons (Fsp3) is 0.929.